The molecule has 0 saturated carbocycles. The second-order valence-corrected chi connectivity index (χ2v) is 6.82. The van der Waals surface area contributed by atoms with E-state index in [0.29, 0.717) is 6.54 Å². The van der Waals surface area contributed by atoms with Crippen LogP contribution in [-0.4, -0.2) is 11.9 Å². The van der Waals surface area contributed by atoms with E-state index >= 15 is 0 Å². The molecule has 3 aromatic rings. The highest BCUT2D eigenvalue weighted by Crippen LogP contribution is 2.35. The van der Waals surface area contributed by atoms with Crippen LogP contribution >= 0.6 is 0 Å². The zero-order valence-electron chi connectivity index (χ0n) is 14.7. The Morgan fingerprint density at radius 1 is 1.04 bits per heavy atom. The molecule has 1 aliphatic carbocycles. The van der Waals surface area contributed by atoms with Crippen LogP contribution in [0.4, 0.5) is 10.1 Å². The van der Waals surface area contributed by atoms with E-state index in [1.54, 1.807) is 12.1 Å². The minimum Gasteiger partial charge on any atom is -0.373 e. The molecule has 26 heavy (non-hydrogen) atoms. The molecule has 1 unspecified atom stereocenters. The van der Waals surface area contributed by atoms with Gasteiger partial charge in [0.1, 0.15) is 11.9 Å². The fourth-order valence-corrected chi connectivity index (χ4v) is 3.62. The van der Waals surface area contributed by atoms with Gasteiger partial charge in [0.25, 0.3) is 0 Å². The Hall–Kier alpha value is -2.88. The largest absolute Gasteiger partial charge is 0.373 e. The fourth-order valence-electron chi connectivity index (χ4n) is 3.62. The SMILES string of the molecule is CC(Nc1ccc2c3c(cccc13)CC2)C(=O)NCc1ccc(F)cc1. The number of nitrogens with one attached hydrogen (secondary N) is 2. The van der Waals surface area contributed by atoms with E-state index in [-0.39, 0.29) is 17.8 Å². The molecule has 1 atom stereocenters. The van der Waals surface area contributed by atoms with E-state index in [1.165, 1.54) is 34.0 Å². The quantitative estimate of drug-likeness (QED) is 0.726. The smallest absolute Gasteiger partial charge is 0.242 e. The van der Waals surface area contributed by atoms with Crippen molar-refractivity contribution in [2.75, 3.05) is 5.32 Å². The number of hydrogen-bond donors (Lipinski definition) is 2. The van der Waals surface area contributed by atoms with Gasteiger partial charge in [-0.25, -0.2) is 4.39 Å². The third-order valence-corrected chi connectivity index (χ3v) is 5.02. The van der Waals surface area contributed by atoms with Crippen LogP contribution in [0, 0.1) is 5.82 Å². The second kappa shape index (κ2) is 6.79. The minimum atomic E-state index is -0.367. The summed E-state index contributed by atoms with van der Waals surface area (Å²) in [5.74, 6) is -0.361. The first-order chi connectivity index (χ1) is 12.6. The molecule has 0 aliphatic heterocycles. The number of benzene rings is 3. The van der Waals surface area contributed by atoms with Gasteiger partial charge in [-0.3, -0.25) is 4.79 Å². The van der Waals surface area contributed by atoms with Crippen LogP contribution in [0.25, 0.3) is 10.8 Å². The highest BCUT2D eigenvalue weighted by atomic mass is 19.1. The minimum absolute atomic E-state index is 0.0856. The van der Waals surface area contributed by atoms with E-state index in [1.807, 2.05) is 6.92 Å². The molecule has 1 amide bonds. The molecule has 3 nitrogen and oxygen atoms in total. The summed E-state index contributed by atoms with van der Waals surface area (Å²) in [6, 6.07) is 16.4. The number of aryl methyl sites for hydroxylation is 2. The van der Waals surface area contributed by atoms with Crippen molar-refractivity contribution in [2.45, 2.75) is 32.4 Å². The first kappa shape index (κ1) is 16.6. The lowest BCUT2D eigenvalue weighted by Crippen LogP contribution is -2.37. The van der Waals surface area contributed by atoms with Crippen LogP contribution in [0.1, 0.15) is 23.6 Å². The Labute approximate surface area is 152 Å². The van der Waals surface area contributed by atoms with E-state index in [0.717, 1.165) is 24.1 Å². The predicted molar refractivity (Wildman–Crippen MR) is 103 cm³/mol. The maximum atomic E-state index is 12.9. The van der Waals surface area contributed by atoms with Gasteiger partial charge in [0.05, 0.1) is 0 Å². The second-order valence-electron chi connectivity index (χ2n) is 6.82. The van der Waals surface area contributed by atoms with Gasteiger partial charge >= 0.3 is 0 Å². The number of hydrogen-bond acceptors (Lipinski definition) is 2. The van der Waals surface area contributed by atoms with Crippen molar-refractivity contribution < 1.29 is 9.18 Å². The van der Waals surface area contributed by atoms with Gasteiger partial charge in [0, 0.05) is 17.6 Å². The summed E-state index contributed by atoms with van der Waals surface area (Å²) in [5, 5.41) is 8.74. The topological polar surface area (TPSA) is 41.1 Å². The zero-order valence-corrected chi connectivity index (χ0v) is 14.7. The molecule has 132 valence electrons. The highest BCUT2D eigenvalue weighted by molar-refractivity contribution is 6.00. The molecule has 0 spiro atoms. The third kappa shape index (κ3) is 3.15. The van der Waals surface area contributed by atoms with E-state index in [9.17, 15) is 9.18 Å². The summed E-state index contributed by atoms with van der Waals surface area (Å²) < 4.78 is 12.9. The lowest BCUT2D eigenvalue weighted by Gasteiger charge is -2.17. The Bertz CT molecular complexity index is 956. The van der Waals surface area contributed by atoms with Crippen LogP contribution in [0.5, 0.6) is 0 Å². The van der Waals surface area contributed by atoms with Crippen LogP contribution in [-0.2, 0) is 24.2 Å². The number of amides is 1. The van der Waals surface area contributed by atoms with Crippen molar-refractivity contribution in [1.82, 2.24) is 5.32 Å². The molecule has 1 aliphatic rings. The molecule has 0 aromatic heterocycles. The molecule has 4 heteroatoms. The van der Waals surface area contributed by atoms with Crippen LogP contribution < -0.4 is 10.6 Å². The van der Waals surface area contributed by atoms with Crippen molar-refractivity contribution in [2.24, 2.45) is 0 Å². The molecule has 0 saturated heterocycles. The van der Waals surface area contributed by atoms with Gasteiger partial charge in [-0.1, -0.05) is 36.4 Å². The molecule has 0 radical (unpaired) electrons. The number of carbonyl (C=O) groups is 1. The van der Waals surface area contributed by atoms with Crippen molar-refractivity contribution >= 4 is 22.4 Å². The van der Waals surface area contributed by atoms with Crippen LogP contribution in [0.3, 0.4) is 0 Å². The summed E-state index contributed by atoms with van der Waals surface area (Å²) in [5.41, 5.74) is 4.62. The molecular weight excluding hydrogens is 327 g/mol. The van der Waals surface area contributed by atoms with Gasteiger partial charge in [-0.15, -0.1) is 0 Å². The maximum Gasteiger partial charge on any atom is 0.242 e. The monoisotopic (exact) mass is 348 g/mol. The molecule has 2 N–H and O–H groups in total. The number of halogens is 1. The fraction of sp³-hybridized carbons (Fsp3) is 0.227. The van der Waals surface area contributed by atoms with Crippen molar-refractivity contribution in [1.29, 1.82) is 0 Å². The number of rotatable bonds is 5. The zero-order chi connectivity index (χ0) is 18.1. The van der Waals surface area contributed by atoms with Gasteiger partial charge in [-0.05, 0) is 60.0 Å². The van der Waals surface area contributed by atoms with Crippen LogP contribution in [0.15, 0.2) is 54.6 Å². The summed E-state index contributed by atoms with van der Waals surface area (Å²) in [6.45, 7) is 2.23. The first-order valence-electron chi connectivity index (χ1n) is 8.94. The van der Waals surface area contributed by atoms with Crippen molar-refractivity contribution in [3.8, 4) is 0 Å². The third-order valence-electron chi connectivity index (χ3n) is 5.02. The van der Waals surface area contributed by atoms with E-state index < -0.39 is 0 Å². The Balaban J connectivity index is 1.46. The van der Waals surface area contributed by atoms with Gasteiger partial charge in [0.15, 0.2) is 0 Å². The highest BCUT2D eigenvalue weighted by Gasteiger charge is 2.18. The van der Waals surface area contributed by atoms with Crippen molar-refractivity contribution in [3.63, 3.8) is 0 Å². The Kier molecular flexibility index (Phi) is 4.33. The predicted octanol–water partition coefficient (Wildman–Crippen LogP) is 4.19. The summed E-state index contributed by atoms with van der Waals surface area (Å²) in [7, 11) is 0. The summed E-state index contributed by atoms with van der Waals surface area (Å²) in [6.07, 6.45) is 2.17. The standard InChI is InChI=1S/C22H21FN2O/c1-14(22(26)24-13-15-5-10-18(23)11-6-15)25-20-12-9-17-8-7-16-3-2-4-19(20)21(16)17/h2-6,9-12,14,25H,7-8,13H2,1H3,(H,24,26). The maximum absolute atomic E-state index is 12.9. The average Bonchev–Trinajstić information content (AvgIpc) is 3.08. The number of carbonyl (C=O) groups excluding carboxylic acids is 1. The summed E-state index contributed by atoms with van der Waals surface area (Å²) in [4.78, 5) is 12.4. The molecule has 3 aromatic carbocycles. The van der Waals surface area contributed by atoms with Crippen LogP contribution in [0.2, 0.25) is 0 Å². The van der Waals surface area contributed by atoms with Gasteiger partial charge in [0.2, 0.25) is 5.91 Å². The van der Waals surface area contributed by atoms with Crippen molar-refractivity contribution in [3.05, 3.63) is 77.1 Å². The van der Waals surface area contributed by atoms with E-state index in [4.69, 9.17) is 0 Å². The Morgan fingerprint density at radius 2 is 1.77 bits per heavy atom. The normalized spacial score (nSPS) is 13.6. The molecule has 4 rings (SSSR count). The molecule has 0 bridgehead atoms. The lowest BCUT2D eigenvalue weighted by molar-refractivity contribution is -0.121. The van der Waals surface area contributed by atoms with Gasteiger partial charge < -0.3 is 10.6 Å². The molecule has 0 heterocycles. The lowest BCUT2D eigenvalue weighted by atomic mass is 10.0. The number of anilines is 1. The average molecular weight is 348 g/mol. The molecular formula is C22H21FN2O. The molecule has 0 fully saturated rings. The Morgan fingerprint density at radius 3 is 2.54 bits per heavy atom. The van der Waals surface area contributed by atoms with Gasteiger partial charge in [-0.2, -0.15) is 0 Å². The van der Waals surface area contributed by atoms with E-state index in [2.05, 4.69) is 41.0 Å². The first-order valence-corrected chi connectivity index (χ1v) is 8.94. The summed E-state index contributed by atoms with van der Waals surface area (Å²) >= 11 is 0.